The SMILES string of the molecule is CC#CCOC(=O)Nc1ccc(C(=O)N2CC[C@@H]3CCCC[C@H]3C2)c(Cl)c1. The lowest BCUT2D eigenvalue weighted by molar-refractivity contribution is 0.0521. The number of ether oxygens (including phenoxy) is 1. The second-order valence-corrected chi connectivity index (χ2v) is 7.57. The molecule has 1 heterocycles. The Balaban J connectivity index is 1.62. The predicted octanol–water partition coefficient (Wildman–Crippen LogP) is 4.56. The van der Waals surface area contributed by atoms with E-state index >= 15 is 0 Å². The van der Waals surface area contributed by atoms with Gasteiger partial charge in [-0.05, 0) is 49.8 Å². The highest BCUT2D eigenvalue weighted by Gasteiger charge is 2.33. The van der Waals surface area contributed by atoms with Gasteiger partial charge in [0.2, 0.25) is 0 Å². The number of piperidine rings is 1. The molecule has 1 saturated carbocycles. The maximum Gasteiger partial charge on any atom is 0.412 e. The molecule has 1 aliphatic carbocycles. The van der Waals surface area contributed by atoms with Crippen LogP contribution in [0.2, 0.25) is 5.02 Å². The van der Waals surface area contributed by atoms with Crippen molar-refractivity contribution in [2.45, 2.75) is 39.0 Å². The molecule has 1 saturated heterocycles. The normalized spacial score (nSPS) is 21.5. The summed E-state index contributed by atoms with van der Waals surface area (Å²) in [6.45, 7) is 3.32. The molecular formula is C21H25ClN2O3. The van der Waals surface area contributed by atoms with Crippen LogP contribution in [0.5, 0.6) is 0 Å². The summed E-state index contributed by atoms with van der Waals surface area (Å²) in [6, 6.07) is 4.91. The Labute approximate surface area is 165 Å². The van der Waals surface area contributed by atoms with Crippen molar-refractivity contribution in [1.29, 1.82) is 0 Å². The van der Waals surface area contributed by atoms with E-state index in [9.17, 15) is 9.59 Å². The highest BCUT2D eigenvalue weighted by atomic mass is 35.5. The van der Waals surface area contributed by atoms with Gasteiger partial charge in [-0.15, -0.1) is 5.92 Å². The number of rotatable bonds is 3. The first-order valence-corrected chi connectivity index (χ1v) is 9.88. The van der Waals surface area contributed by atoms with Crippen molar-refractivity contribution in [3.8, 4) is 11.8 Å². The van der Waals surface area contributed by atoms with Crippen molar-refractivity contribution in [2.24, 2.45) is 11.8 Å². The molecule has 1 aromatic rings. The summed E-state index contributed by atoms with van der Waals surface area (Å²) in [5.74, 6) is 6.66. The highest BCUT2D eigenvalue weighted by Crippen LogP contribution is 2.36. The van der Waals surface area contributed by atoms with Crippen LogP contribution in [0.25, 0.3) is 0 Å². The first-order valence-electron chi connectivity index (χ1n) is 9.50. The van der Waals surface area contributed by atoms with Gasteiger partial charge in [0.1, 0.15) is 0 Å². The van der Waals surface area contributed by atoms with Crippen LogP contribution >= 0.6 is 11.6 Å². The number of carbonyl (C=O) groups excluding carboxylic acids is 2. The quantitative estimate of drug-likeness (QED) is 0.772. The third-order valence-corrected chi connectivity index (χ3v) is 5.79. The molecule has 0 aromatic heterocycles. The van der Waals surface area contributed by atoms with E-state index in [1.807, 2.05) is 4.90 Å². The van der Waals surface area contributed by atoms with Crippen molar-refractivity contribution < 1.29 is 14.3 Å². The van der Waals surface area contributed by atoms with Gasteiger partial charge in [-0.2, -0.15) is 0 Å². The molecule has 5 nitrogen and oxygen atoms in total. The lowest BCUT2D eigenvalue weighted by Gasteiger charge is -2.41. The molecule has 0 spiro atoms. The van der Waals surface area contributed by atoms with Gasteiger partial charge in [-0.25, -0.2) is 4.79 Å². The van der Waals surface area contributed by atoms with E-state index in [4.69, 9.17) is 16.3 Å². The highest BCUT2D eigenvalue weighted by molar-refractivity contribution is 6.34. The first kappa shape index (κ1) is 19.6. The fourth-order valence-corrected chi connectivity index (χ4v) is 4.31. The monoisotopic (exact) mass is 388 g/mol. The lowest BCUT2D eigenvalue weighted by atomic mass is 9.75. The van der Waals surface area contributed by atoms with Gasteiger partial charge in [-0.1, -0.05) is 36.8 Å². The van der Waals surface area contributed by atoms with Gasteiger partial charge in [0.15, 0.2) is 6.61 Å². The number of hydrogen-bond donors (Lipinski definition) is 1. The van der Waals surface area contributed by atoms with Crippen LogP contribution in [-0.2, 0) is 4.74 Å². The number of likely N-dealkylation sites (tertiary alicyclic amines) is 1. The number of nitrogens with zero attached hydrogens (tertiary/aromatic N) is 1. The van der Waals surface area contributed by atoms with Crippen LogP contribution in [0.1, 0.15) is 49.4 Å². The summed E-state index contributed by atoms with van der Waals surface area (Å²) < 4.78 is 4.91. The second kappa shape index (κ2) is 9.14. The van der Waals surface area contributed by atoms with Crippen LogP contribution < -0.4 is 5.32 Å². The zero-order valence-electron chi connectivity index (χ0n) is 15.6. The summed E-state index contributed by atoms with van der Waals surface area (Å²) in [6.07, 6.45) is 5.59. The van der Waals surface area contributed by atoms with E-state index in [2.05, 4.69) is 17.2 Å². The summed E-state index contributed by atoms with van der Waals surface area (Å²) in [5, 5.41) is 2.92. The third-order valence-electron chi connectivity index (χ3n) is 5.48. The molecule has 1 aliphatic heterocycles. The van der Waals surface area contributed by atoms with E-state index < -0.39 is 6.09 Å². The maximum atomic E-state index is 12.9. The van der Waals surface area contributed by atoms with Gasteiger partial charge in [0, 0.05) is 18.8 Å². The van der Waals surface area contributed by atoms with Gasteiger partial charge < -0.3 is 9.64 Å². The Morgan fingerprint density at radius 1 is 1.26 bits per heavy atom. The van der Waals surface area contributed by atoms with Crippen LogP contribution in [0.15, 0.2) is 18.2 Å². The molecule has 2 atom stereocenters. The lowest BCUT2D eigenvalue weighted by Crippen LogP contribution is -2.44. The van der Waals surface area contributed by atoms with Crippen LogP contribution in [-0.4, -0.2) is 36.6 Å². The van der Waals surface area contributed by atoms with Gasteiger partial charge in [0.25, 0.3) is 5.91 Å². The number of nitrogens with one attached hydrogen (secondary N) is 1. The molecule has 1 N–H and O–H groups in total. The fourth-order valence-electron chi connectivity index (χ4n) is 4.05. The Morgan fingerprint density at radius 3 is 2.78 bits per heavy atom. The second-order valence-electron chi connectivity index (χ2n) is 7.17. The number of anilines is 1. The molecule has 144 valence electrons. The molecule has 0 unspecified atom stereocenters. The molecule has 2 aliphatic rings. The van der Waals surface area contributed by atoms with Gasteiger partial charge in [-0.3, -0.25) is 10.1 Å². The maximum absolute atomic E-state index is 12.9. The van der Waals surface area contributed by atoms with Crippen LogP contribution in [0.3, 0.4) is 0 Å². The van der Waals surface area contributed by atoms with Crippen molar-refractivity contribution in [1.82, 2.24) is 4.90 Å². The zero-order valence-corrected chi connectivity index (χ0v) is 16.3. The van der Waals surface area contributed by atoms with Crippen molar-refractivity contribution >= 4 is 29.3 Å². The third kappa shape index (κ3) is 4.95. The number of amides is 2. The minimum absolute atomic E-state index is 0.0311. The zero-order chi connectivity index (χ0) is 19.2. The first-order chi connectivity index (χ1) is 13.1. The molecule has 0 radical (unpaired) electrons. The largest absolute Gasteiger partial charge is 0.436 e. The Bertz CT molecular complexity index is 768. The Kier molecular flexibility index (Phi) is 6.63. The van der Waals surface area contributed by atoms with E-state index in [1.54, 1.807) is 25.1 Å². The number of halogens is 1. The average molecular weight is 389 g/mol. The van der Waals surface area contributed by atoms with Gasteiger partial charge in [0.05, 0.1) is 10.6 Å². The smallest absolute Gasteiger partial charge is 0.412 e. The van der Waals surface area contributed by atoms with E-state index in [1.165, 1.54) is 25.7 Å². The van der Waals surface area contributed by atoms with E-state index in [0.29, 0.717) is 22.2 Å². The minimum atomic E-state index is -0.604. The standard InChI is InChI=1S/C21H25ClN2O3/c1-2-3-12-27-21(26)23-17-8-9-18(19(22)13-17)20(25)24-11-10-15-6-4-5-7-16(15)14-24/h8-9,13,15-16H,4-7,10-12,14H2,1H3,(H,23,26)/t15-,16-/m0/s1. The molecule has 2 fully saturated rings. The van der Waals surface area contributed by atoms with Crippen molar-refractivity contribution in [3.63, 3.8) is 0 Å². The molecule has 3 rings (SSSR count). The van der Waals surface area contributed by atoms with Crippen LogP contribution in [0.4, 0.5) is 10.5 Å². The summed E-state index contributed by atoms with van der Waals surface area (Å²) in [4.78, 5) is 26.5. The Morgan fingerprint density at radius 2 is 2.04 bits per heavy atom. The summed E-state index contributed by atoms with van der Waals surface area (Å²) in [5.41, 5.74) is 0.957. The molecule has 1 aromatic carbocycles. The van der Waals surface area contributed by atoms with Crippen molar-refractivity contribution in [3.05, 3.63) is 28.8 Å². The number of benzene rings is 1. The molecular weight excluding hydrogens is 364 g/mol. The number of hydrogen-bond acceptors (Lipinski definition) is 3. The average Bonchev–Trinajstić information content (AvgIpc) is 2.67. The van der Waals surface area contributed by atoms with Gasteiger partial charge >= 0.3 is 6.09 Å². The molecule has 27 heavy (non-hydrogen) atoms. The van der Waals surface area contributed by atoms with E-state index in [-0.39, 0.29) is 12.5 Å². The number of fused-ring (bicyclic) bond motifs is 1. The van der Waals surface area contributed by atoms with Crippen molar-refractivity contribution in [2.75, 3.05) is 25.0 Å². The van der Waals surface area contributed by atoms with E-state index in [0.717, 1.165) is 25.4 Å². The molecule has 6 heteroatoms. The fraction of sp³-hybridized carbons (Fsp3) is 0.524. The summed E-state index contributed by atoms with van der Waals surface area (Å²) >= 11 is 6.33. The molecule has 0 bridgehead atoms. The molecule has 2 amide bonds. The van der Waals surface area contributed by atoms with Crippen LogP contribution in [0, 0.1) is 23.7 Å². The minimum Gasteiger partial charge on any atom is -0.436 e. The Hall–Kier alpha value is -2.19. The number of carbonyl (C=O) groups is 2. The topological polar surface area (TPSA) is 58.6 Å². The predicted molar refractivity (Wildman–Crippen MR) is 106 cm³/mol. The summed E-state index contributed by atoms with van der Waals surface area (Å²) in [7, 11) is 0.